The molecular weight excluding hydrogens is 364 g/mol. The molecule has 0 saturated heterocycles. The molecule has 6 heteroatoms. The molecule has 0 bridgehead atoms. The number of thiophene rings is 1. The molecule has 1 atom stereocenters. The number of thiocarbonyl (C=S) groups is 1. The summed E-state index contributed by atoms with van der Waals surface area (Å²) in [6.45, 7) is 8.53. The molecule has 1 unspecified atom stereocenters. The van der Waals surface area contributed by atoms with Gasteiger partial charge in [-0.1, -0.05) is 51.1 Å². The van der Waals surface area contributed by atoms with Crippen molar-refractivity contribution in [2.75, 3.05) is 12.4 Å². The van der Waals surface area contributed by atoms with Gasteiger partial charge in [-0.05, 0) is 36.2 Å². The predicted octanol–water partition coefficient (Wildman–Crippen LogP) is 4.85. The van der Waals surface area contributed by atoms with Gasteiger partial charge in [0.25, 0.3) is 0 Å². The molecular formula is C20H26N2O2S2. The van der Waals surface area contributed by atoms with Crippen molar-refractivity contribution in [1.29, 1.82) is 0 Å². The highest BCUT2D eigenvalue weighted by atomic mass is 32.1. The van der Waals surface area contributed by atoms with E-state index >= 15 is 0 Å². The smallest absolute Gasteiger partial charge is 0.340 e. The molecule has 1 aromatic heterocycles. The standard InChI is InChI=1S/C20H26N2O2S2/c1-13(20(2,3)4)21-19(25)22-17-16(18(23)24-5)12-15(26-17)11-14-9-7-6-8-10-14/h6-10,12-13H,11H2,1-5H3,(H2,21,22,25). The van der Waals surface area contributed by atoms with Crippen molar-refractivity contribution in [1.82, 2.24) is 5.32 Å². The predicted molar refractivity (Wildman–Crippen MR) is 113 cm³/mol. The summed E-state index contributed by atoms with van der Waals surface area (Å²) >= 11 is 6.96. The average Bonchev–Trinajstić information content (AvgIpc) is 2.96. The zero-order valence-corrected chi connectivity index (χ0v) is 17.5. The molecule has 2 aromatic rings. The van der Waals surface area contributed by atoms with E-state index in [2.05, 4.69) is 50.5 Å². The summed E-state index contributed by atoms with van der Waals surface area (Å²) in [5, 5.41) is 7.67. The maximum absolute atomic E-state index is 12.1. The minimum Gasteiger partial charge on any atom is -0.465 e. The average molecular weight is 391 g/mol. The lowest BCUT2D eigenvalue weighted by molar-refractivity contribution is 0.0602. The summed E-state index contributed by atoms with van der Waals surface area (Å²) in [7, 11) is 1.39. The van der Waals surface area contributed by atoms with Gasteiger partial charge in [0.05, 0.1) is 12.7 Å². The highest BCUT2D eigenvalue weighted by Crippen LogP contribution is 2.30. The quantitative estimate of drug-likeness (QED) is 0.565. The number of benzene rings is 1. The molecule has 0 amide bonds. The second kappa shape index (κ2) is 8.64. The molecule has 1 aromatic carbocycles. The van der Waals surface area contributed by atoms with E-state index in [1.165, 1.54) is 24.0 Å². The van der Waals surface area contributed by atoms with Gasteiger partial charge in [-0.15, -0.1) is 11.3 Å². The fourth-order valence-electron chi connectivity index (χ4n) is 2.23. The molecule has 2 rings (SSSR count). The molecule has 0 radical (unpaired) electrons. The van der Waals surface area contributed by atoms with Crippen molar-refractivity contribution in [3.8, 4) is 0 Å². The molecule has 0 fully saturated rings. The van der Waals surface area contributed by atoms with Gasteiger partial charge in [0.2, 0.25) is 0 Å². The molecule has 26 heavy (non-hydrogen) atoms. The van der Waals surface area contributed by atoms with E-state index in [0.717, 1.165) is 11.3 Å². The second-order valence-corrected chi connectivity index (χ2v) is 8.84. The van der Waals surface area contributed by atoms with Crippen LogP contribution in [0.3, 0.4) is 0 Å². The molecule has 1 heterocycles. The van der Waals surface area contributed by atoms with Crippen molar-refractivity contribution >= 4 is 39.6 Å². The first kappa shape index (κ1) is 20.4. The first-order chi connectivity index (χ1) is 12.2. The zero-order chi connectivity index (χ0) is 19.3. The van der Waals surface area contributed by atoms with E-state index in [1.807, 2.05) is 24.3 Å². The Bertz CT molecular complexity index is 764. The second-order valence-electron chi connectivity index (χ2n) is 7.30. The first-order valence-electron chi connectivity index (χ1n) is 8.53. The number of hydrogen-bond acceptors (Lipinski definition) is 4. The molecule has 2 N–H and O–H groups in total. The van der Waals surface area contributed by atoms with E-state index in [9.17, 15) is 4.79 Å². The van der Waals surface area contributed by atoms with Gasteiger partial charge >= 0.3 is 5.97 Å². The van der Waals surface area contributed by atoms with Crippen LogP contribution in [0.4, 0.5) is 5.00 Å². The van der Waals surface area contributed by atoms with Gasteiger partial charge in [-0.2, -0.15) is 0 Å². The van der Waals surface area contributed by atoms with Crippen molar-refractivity contribution in [2.45, 2.75) is 40.2 Å². The largest absolute Gasteiger partial charge is 0.465 e. The van der Waals surface area contributed by atoms with Crippen molar-refractivity contribution in [3.05, 3.63) is 52.4 Å². The molecule has 140 valence electrons. The summed E-state index contributed by atoms with van der Waals surface area (Å²) in [4.78, 5) is 13.2. The Hall–Kier alpha value is -1.92. The monoisotopic (exact) mass is 390 g/mol. The van der Waals surface area contributed by atoms with Crippen LogP contribution in [-0.4, -0.2) is 24.2 Å². The Kier molecular flexibility index (Phi) is 6.78. The Morgan fingerprint density at radius 1 is 1.27 bits per heavy atom. The van der Waals surface area contributed by atoms with E-state index in [-0.39, 0.29) is 17.4 Å². The molecule has 0 saturated carbocycles. The van der Waals surface area contributed by atoms with Crippen LogP contribution in [0.1, 0.15) is 48.5 Å². The van der Waals surface area contributed by atoms with Gasteiger partial charge < -0.3 is 15.4 Å². The normalized spacial score (nSPS) is 12.3. The van der Waals surface area contributed by atoms with Gasteiger partial charge in [0, 0.05) is 17.3 Å². The number of nitrogens with one attached hydrogen (secondary N) is 2. The molecule has 0 aliphatic carbocycles. The number of anilines is 1. The Labute approximate surface area is 165 Å². The summed E-state index contributed by atoms with van der Waals surface area (Å²) in [5.74, 6) is -0.366. The number of rotatable bonds is 5. The van der Waals surface area contributed by atoms with Crippen LogP contribution in [0.15, 0.2) is 36.4 Å². The van der Waals surface area contributed by atoms with Gasteiger partial charge in [-0.25, -0.2) is 4.79 Å². The van der Waals surface area contributed by atoms with Crippen molar-refractivity contribution in [3.63, 3.8) is 0 Å². The van der Waals surface area contributed by atoms with Gasteiger partial charge in [-0.3, -0.25) is 0 Å². The minimum absolute atomic E-state index is 0.0742. The third-order valence-electron chi connectivity index (χ3n) is 4.28. The van der Waals surface area contributed by atoms with E-state index in [1.54, 1.807) is 0 Å². The molecule has 0 aliphatic rings. The van der Waals surface area contributed by atoms with E-state index in [0.29, 0.717) is 15.7 Å². The third-order valence-corrected chi connectivity index (χ3v) is 5.55. The Balaban J connectivity index is 2.18. The summed E-state index contributed by atoms with van der Waals surface area (Å²) in [6.07, 6.45) is 0.760. The van der Waals surface area contributed by atoms with Crippen molar-refractivity contribution in [2.24, 2.45) is 5.41 Å². The topological polar surface area (TPSA) is 50.4 Å². The van der Waals surface area contributed by atoms with E-state index < -0.39 is 0 Å². The number of carbonyl (C=O) groups is 1. The summed E-state index contributed by atoms with van der Waals surface area (Å²) in [5.41, 5.74) is 1.78. The fraction of sp³-hybridized carbons (Fsp3) is 0.400. The van der Waals surface area contributed by atoms with Crippen LogP contribution in [0.2, 0.25) is 0 Å². The van der Waals surface area contributed by atoms with Crippen molar-refractivity contribution < 1.29 is 9.53 Å². The van der Waals surface area contributed by atoms with Gasteiger partial charge in [0.15, 0.2) is 5.11 Å². The van der Waals surface area contributed by atoms with Gasteiger partial charge in [0.1, 0.15) is 5.00 Å². The van der Waals surface area contributed by atoms with Crippen LogP contribution < -0.4 is 10.6 Å². The lowest BCUT2D eigenvalue weighted by Gasteiger charge is -2.29. The lowest BCUT2D eigenvalue weighted by atomic mass is 9.88. The molecule has 0 spiro atoms. The highest BCUT2D eigenvalue weighted by molar-refractivity contribution is 7.80. The number of ether oxygens (including phenoxy) is 1. The summed E-state index contributed by atoms with van der Waals surface area (Å²) < 4.78 is 4.92. The number of methoxy groups -OCH3 is 1. The number of esters is 1. The van der Waals surface area contributed by atoms with Crippen LogP contribution in [0, 0.1) is 5.41 Å². The highest BCUT2D eigenvalue weighted by Gasteiger charge is 2.22. The number of hydrogen-bond donors (Lipinski definition) is 2. The molecule has 0 aliphatic heterocycles. The maximum atomic E-state index is 12.1. The van der Waals surface area contributed by atoms with E-state index in [4.69, 9.17) is 17.0 Å². The molecule has 4 nitrogen and oxygen atoms in total. The maximum Gasteiger partial charge on any atom is 0.340 e. The first-order valence-corrected chi connectivity index (χ1v) is 9.75. The third kappa shape index (κ3) is 5.54. The fourth-order valence-corrected chi connectivity index (χ4v) is 3.66. The van der Waals surface area contributed by atoms with Crippen LogP contribution in [-0.2, 0) is 11.2 Å². The SMILES string of the molecule is COC(=O)c1cc(Cc2ccccc2)sc1NC(=S)NC(C)C(C)(C)C. The van der Waals surface area contributed by atoms with Crippen LogP contribution in [0.25, 0.3) is 0 Å². The number of carbonyl (C=O) groups excluding carboxylic acids is 1. The Morgan fingerprint density at radius 3 is 2.50 bits per heavy atom. The minimum atomic E-state index is -0.366. The van der Waals surface area contributed by atoms with Crippen LogP contribution >= 0.6 is 23.6 Å². The summed E-state index contributed by atoms with van der Waals surface area (Å²) in [6, 6.07) is 12.2. The van der Waals surface area contributed by atoms with Crippen LogP contribution in [0.5, 0.6) is 0 Å². The Morgan fingerprint density at radius 2 is 1.92 bits per heavy atom. The lowest BCUT2D eigenvalue weighted by Crippen LogP contribution is -2.43. The zero-order valence-electron chi connectivity index (χ0n) is 15.9.